The molecular weight excluding hydrogens is 552 g/mol. The molecule has 0 bridgehead atoms. The lowest BCUT2D eigenvalue weighted by Crippen LogP contribution is -2.34. The van der Waals surface area contributed by atoms with Gasteiger partial charge < -0.3 is 30.3 Å². The van der Waals surface area contributed by atoms with Crippen LogP contribution in [0.15, 0.2) is 64.8 Å². The van der Waals surface area contributed by atoms with Crippen molar-refractivity contribution in [3.63, 3.8) is 0 Å². The number of nitrogens with one attached hydrogen (secondary N) is 3. The highest BCUT2D eigenvalue weighted by Crippen LogP contribution is 2.32. The average molecular weight is 603 g/mol. The van der Waals surface area contributed by atoms with Gasteiger partial charge in [-0.15, -0.1) is 0 Å². The highest BCUT2D eigenvalue weighted by Gasteiger charge is 2.21. The van der Waals surface area contributed by atoms with E-state index in [1.54, 1.807) is 13.3 Å². The molecule has 4 rings (SSSR count). The number of carbonyl (C=O) groups is 1. The summed E-state index contributed by atoms with van der Waals surface area (Å²) < 4.78 is 10.2. The molecule has 2 aromatic carbocycles. The van der Waals surface area contributed by atoms with E-state index in [0.717, 1.165) is 65.6 Å². The van der Waals surface area contributed by atoms with Crippen LogP contribution >= 0.6 is 0 Å². The number of hydrogen-bond donors (Lipinski definition) is 3. The Balaban J connectivity index is 0.000000676. The number of carbonyl (C=O) groups excluding carboxylic acids is 1. The molecule has 0 amide bonds. The van der Waals surface area contributed by atoms with E-state index in [9.17, 15) is 4.79 Å². The van der Waals surface area contributed by atoms with Crippen molar-refractivity contribution in [3.8, 4) is 16.9 Å². The lowest BCUT2D eigenvalue weighted by atomic mass is 9.99. The molecule has 2 atom stereocenters. The summed E-state index contributed by atoms with van der Waals surface area (Å²) in [6.45, 7) is 17.4. The highest BCUT2D eigenvalue weighted by molar-refractivity contribution is 5.78. The first kappa shape index (κ1) is 34.5. The van der Waals surface area contributed by atoms with Crippen molar-refractivity contribution in [2.75, 3.05) is 40.3 Å². The Morgan fingerprint density at radius 1 is 1.09 bits per heavy atom. The van der Waals surface area contributed by atoms with Crippen LogP contribution in [0.5, 0.6) is 5.75 Å². The summed E-state index contributed by atoms with van der Waals surface area (Å²) >= 11 is 0. The van der Waals surface area contributed by atoms with Crippen LogP contribution < -0.4 is 20.7 Å². The predicted molar refractivity (Wildman–Crippen MR) is 183 cm³/mol. The zero-order chi connectivity index (χ0) is 32.0. The number of likely N-dealkylation sites (tertiary alicyclic amines) is 1. The van der Waals surface area contributed by atoms with E-state index < -0.39 is 0 Å². The highest BCUT2D eigenvalue weighted by atomic mass is 16.5. The second-order valence-electron chi connectivity index (χ2n) is 12.1. The Kier molecular flexibility index (Phi) is 13.6. The standard InChI is InChI=1S/C30H40N6O.C5H10O2/c1-31-20-28(35-19-26-8-6-16-36(26)3)23-11-9-22(10-12-23)24-13-14-30(37-4)27(17-24)29(32-2)21-33-18-25-7-5-15-34-25;1-5(2,3)7-4-6/h9-14,17,20-21,25-26,33-35H,1-2,5-8,15-16,18-19H2,3-4H3;4H,1-3H3/b28-20-,29-21-;/t25-,26-;/m0./s1. The molecule has 2 saturated heterocycles. The molecule has 0 saturated carbocycles. The van der Waals surface area contributed by atoms with Gasteiger partial charge in [-0.05, 0) is 109 Å². The van der Waals surface area contributed by atoms with Crippen molar-refractivity contribution in [3.05, 3.63) is 66.0 Å². The zero-order valence-corrected chi connectivity index (χ0v) is 27.1. The number of nitrogens with zero attached hydrogens (tertiary/aromatic N) is 3. The van der Waals surface area contributed by atoms with E-state index in [1.165, 1.54) is 25.7 Å². The summed E-state index contributed by atoms with van der Waals surface area (Å²) in [6, 6.07) is 15.7. The molecule has 9 heteroatoms. The second-order valence-corrected chi connectivity index (χ2v) is 12.1. The third-order valence-corrected chi connectivity index (χ3v) is 7.76. The first-order valence-corrected chi connectivity index (χ1v) is 15.3. The van der Waals surface area contributed by atoms with Crippen molar-refractivity contribution in [2.24, 2.45) is 9.98 Å². The van der Waals surface area contributed by atoms with Gasteiger partial charge in [0.1, 0.15) is 11.4 Å². The van der Waals surface area contributed by atoms with Crippen LogP contribution in [-0.2, 0) is 9.53 Å². The maximum absolute atomic E-state index is 9.60. The van der Waals surface area contributed by atoms with Crippen LogP contribution in [0.25, 0.3) is 22.5 Å². The molecular formula is C35H50N6O3. The summed E-state index contributed by atoms with van der Waals surface area (Å²) in [7, 11) is 3.87. The summed E-state index contributed by atoms with van der Waals surface area (Å²) in [5, 5.41) is 10.5. The first-order valence-electron chi connectivity index (χ1n) is 15.3. The van der Waals surface area contributed by atoms with Gasteiger partial charge in [-0.2, -0.15) is 0 Å². The van der Waals surface area contributed by atoms with Gasteiger partial charge in [0.05, 0.1) is 18.5 Å². The quantitative estimate of drug-likeness (QED) is 0.210. The maximum Gasteiger partial charge on any atom is 0.293 e. The van der Waals surface area contributed by atoms with Crippen LogP contribution in [-0.4, -0.2) is 82.8 Å². The minimum atomic E-state index is -0.318. The Morgan fingerprint density at radius 3 is 2.39 bits per heavy atom. The van der Waals surface area contributed by atoms with Gasteiger partial charge in [0.2, 0.25) is 0 Å². The number of ether oxygens (including phenoxy) is 2. The van der Waals surface area contributed by atoms with Gasteiger partial charge in [-0.3, -0.25) is 14.8 Å². The van der Waals surface area contributed by atoms with Gasteiger partial charge >= 0.3 is 0 Å². The number of aliphatic imine (C=N–C) groups is 2. The van der Waals surface area contributed by atoms with E-state index in [2.05, 4.69) is 92.5 Å². The second kappa shape index (κ2) is 17.4. The van der Waals surface area contributed by atoms with Crippen molar-refractivity contribution < 1.29 is 14.3 Å². The Labute approximate surface area is 263 Å². The monoisotopic (exact) mass is 602 g/mol. The largest absolute Gasteiger partial charge is 0.496 e. The molecule has 2 aromatic rings. The number of methoxy groups -OCH3 is 1. The molecule has 9 nitrogen and oxygen atoms in total. The minimum absolute atomic E-state index is 0.318. The predicted octanol–water partition coefficient (Wildman–Crippen LogP) is 5.34. The lowest BCUT2D eigenvalue weighted by Gasteiger charge is -2.21. The van der Waals surface area contributed by atoms with Crippen molar-refractivity contribution >= 4 is 31.3 Å². The molecule has 0 unspecified atom stereocenters. The van der Waals surface area contributed by atoms with E-state index in [0.29, 0.717) is 18.6 Å². The smallest absolute Gasteiger partial charge is 0.293 e. The van der Waals surface area contributed by atoms with Crippen LogP contribution in [0, 0.1) is 0 Å². The molecule has 2 aliphatic rings. The van der Waals surface area contributed by atoms with Gasteiger partial charge in [-0.25, -0.2) is 0 Å². The van der Waals surface area contributed by atoms with Gasteiger partial charge in [0.25, 0.3) is 6.47 Å². The fourth-order valence-electron chi connectivity index (χ4n) is 5.29. The van der Waals surface area contributed by atoms with E-state index in [1.807, 2.05) is 33.0 Å². The van der Waals surface area contributed by atoms with Crippen molar-refractivity contribution in [1.82, 2.24) is 20.9 Å². The third-order valence-electron chi connectivity index (χ3n) is 7.76. The Hall–Kier alpha value is -3.95. The summed E-state index contributed by atoms with van der Waals surface area (Å²) in [5.41, 5.74) is 5.62. The average Bonchev–Trinajstić information content (AvgIpc) is 3.68. The van der Waals surface area contributed by atoms with E-state index in [-0.39, 0.29) is 5.60 Å². The van der Waals surface area contributed by atoms with Crippen molar-refractivity contribution in [2.45, 2.75) is 64.1 Å². The Bertz CT molecular complexity index is 1280. The number of likely N-dealkylation sites (N-methyl/N-ethyl adjacent to an activating group) is 1. The fraction of sp³-hybridized carbons (Fsp3) is 0.457. The summed E-state index contributed by atoms with van der Waals surface area (Å²) in [5.74, 6) is 0.767. The number of benzene rings is 2. The summed E-state index contributed by atoms with van der Waals surface area (Å²) in [6.07, 6.45) is 8.64. The zero-order valence-electron chi connectivity index (χ0n) is 27.1. The number of rotatable bonds is 13. The first-order chi connectivity index (χ1) is 21.2. The topological polar surface area (TPSA) is 99.6 Å². The molecule has 2 fully saturated rings. The SMILES string of the molecule is C=N/C=C(\NC[C@@H]1CCCN1C)c1ccc(-c2ccc(OC)c(/C(=C/NC[C@@H]3CCCN3)N=C)c2)cc1.CC(C)(C)OC=O. The molecule has 0 spiro atoms. The molecule has 2 aliphatic heterocycles. The molecule has 2 heterocycles. The molecule has 0 aliphatic carbocycles. The minimum Gasteiger partial charge on any atom is -0.496 e. The molecule has 3 N–H and O–H groups in total. The normalized spacial score (nSPS) is 19.0. The number of hydrogen-bond acceptors (Lipinski definition) is 9. The van der Waals surface area contributed by atoms with Gasteiger partial charge in [0, 0.05) is 43.1 Å². The maximum atomic E-state index is 9.60. The van der Waals surface area contributed by atoms with E-state index in [4.69, 9.17) is 4.74 Å². The lowest BCUT2D eigenvalue weighted by molar-refractivity contribution is -0.138. The van der Waals surface area contributed by atoms with Crippen LogP contribution in [0.2, 0.25) is 0 Å². The fourth-order valence-corrected chi connectivity index (χ4v) is 5.29. The van der Waals surface area contributed by atoms with E-state index >= 15 is 0 Å². The Morgan fingerprint density at radius 2 is 1.84 bits per heavy atom. The van der Waals surface area contributed by atoms with Crippen molar-refractivity contribution in [1.29, 1.82) is 0 Å². The van der Waals surface area contributed by atoms with Crippen LogP contribution in [0.4, 0.5) is 0 Å². The van der Waals surface area contributed by atoms with Crippen LogP contribution in [0.1, 0.15) is 57.6 Å². The molecule has 44 heavy (non-hydrogen) atoms. The third kappa shape index (κ3) is 10.6. The van der Waals surface area contributed by atoms with Gasteiger partial charge in [-0.1, -0.05) is 30.3 Å². The molecule has 238 valence electrons. The van der Waals surface area contributed by atoms with Crippen LogP contribution in [0.3, 0.4) is 0 Å². The summed E-state index contributed by atoms with van der Waals surface area (Å²) in [4.78, 5) is 20.3. The molecule has 0 aromatic heterocycles. The van der Waals surface area contributed by atoms with Gasteiger partial charge in [0.15, 0.2) is 0 Å². The molecule has 0 radical (unpaired) electrons.